The lowest BCUT2D eigenvalue weighted by Crippen LogP contribution is -2.48. The largest absolute Gasteiger partial charge is 0.357 e. The van der Waals surface area contributed by atoms with E-state index in [0.29, 0.717) is 0 Å². The van der Waals surface area contributed by atoms with Crippen molar-refractivity contribution in [2.45, 2.75) is 33.2 Å². The fourth-order valence-electron chi connectivity index (χ4n) is 1.79. The highest BCUT2D eigenvalue weighted by molar-refractivity contribution is 7.99. The van der Waals surface area contributed by atoms with E-state index in [1.165, 1.54) is 24.6 Å². The molecule has 1 aliphatic heterocycles. The first-order valence-electron chi connectivity index (χ1n) is 6.88. The minimum absolute atomic E-state index is 0.0583. The number of thioether (sulfide) groups is 1. The van der Waals surface area contributed by atoms with Gasteiger partial charge in [0, 0.05) is 43.2 Å². The first-order valence-corrected chi connectivity index (χ1v) is 8.03. The Balaban J connectivity index is 2.34. The Morgan fingerprint density at radius 3 is 2.50 bits per heavy atom. The van der Waals surface area contributed by atoms with Gasteiger partial charge in [-0.1, -0.05) is 0 Å². The highest BCUT2D eigenvalue weighted by Crippen LogP contribution is 2.08. The minimum atomic E-state index is 0.0583. The zero-order valence-electron chi connectivity index (χ0n) is 12.3. The molecule has 0 aromatic heterocycles. The van der Waals surface area contributed by atoms with Crippen molar-refractivity contribution < 1.29 is 0 Å². The standard InChI is InChI=1S/C13H28N4S/c1-5-14-12(16-13(2,3)4)15-6-7-17-8-10-18-11-9-17/h5-11H2,1-4H3,(H2,14,15,16). The van der Waals surface area contributed by atoms with Gasteiger partial charge in [0.15, 0.2) is 5.96 Å². The molecule has 0 amide bonds. The summed E-state index contributed by atoms with van der Waals surface area (Å²) < 4.78 is 0. The Morgan fingerprint density at radius 1 is 1.28 bits per heavy atom. The number of hydrogen-bond donors (Lipinski definition) is 2. The molecule has 0 aromatic carbocycles. The average molecular weight is 272 g/mol. The van der Waals surface area contributed by atoms with Crippen molar-refractivity contribution >= 4 is 17.7 Å². The molecule has 1 saturated heterocycles. The molecule has 0 saturated carbocycles. The first-order chi connectivity index (χ1) is 8.51. The number of guanidine groups is 1. The molecule has 106 valence electrons. The van der Waals surface area contributed by atoms with Crippen LogP contribution in [-0.4, -0.2) is 60.6 Å². The summed E-state index contributed by atoms with van der Waals surface area (Å²) in [6.45, 7) is 13.8. The summed E-state index contributed by atoms with van der Waals surface area (Å²) in [5.74, 6) is 3.46. The van der Waals surface area contributed by atoms with E-state index in [9.17, 15) is 0 Å². The van der Waals surface area contributed by atoms with E-state index < -0.39 is 0 Å². The fraction of sp³-hybridized carbons (Fsp3) is 0.923. The Labute approximate surface area is 116 Å². The molecule has 1 fully saturated rings. The van der Waals surface area contributed by atoms with Crippen LogP contribution in [0.5, 0.6) is 0 Å². The number of nitrogens with zero attached hydrogens (tertiary/aromatic N) is 2. The zero-order chi connectivity index (χ0) is 13.4. The molecule has 4 nitrogen and oxygen atoms in total. The van der Waals surface area contributed by atoms with E-state index in [1.54, 1.807) is 0 Å². The number of hydrogen-bond acceptors (Lipinski definition) is 3. The third-order valence-electron chi connectivity index (χ3n) is 2.63. The molecule has 0 unspecified atom stereocenters. The van der Waals surface area contributed by atoms with E-state index in [2.05, 4.69) is 60.0 Å². The molecule has 0 radical (unpaired) electrons. The molecule has 0 atom stereocenters. The van der Waals surface area contributed by atoms with Gasteiger partial charge in [-0.3, -0.25) is 9.89 Å². The van der Waals surface area contributed by atoms with Crippen molar-refractivity contribution in [1.29, 1.82) is 0 Å². The van der Waals surface area contributed by atoms with Gasteiger partial charge < -0.3 is 10.6 Å². The Bertz CT molecular complexity index is 254. The van der Waals surface area contributed by atoms with Crippen LogP contribution in [0.15, 0.2) is 4.99 Å². The van der Waals surface area contributed by atoms with E-state index >= 15 is 0 Å². The second-order valence-corrected chi connectivity index (χ2v) is 6.81. The summed E-state index contributed by atoms with van der Waals surface area (Å²) >= 11 is 2.05. The van der Waals surface area contributed by atoms with Gasteiger partial charge in [0.05, 0.1) is 6.54 Å². The van der Waals surface area contributed by atoms with Gasteiger partial charge in [-0.25, -0.2) is 0 Å². The predicted molar refractivity (Wildman–Crippen MR) is 82.6 cm³/mol. The fourth-order valence-corrected chi connectivity index (χ4v) is 2.77. The third kappa shape index (κ3) is 7.11. The van der Waals surface area contributed by atoms with Crippen molar-refractivity contribution in [3.63, 3.8) is 0 Å². The van der Waals surface area contributed by atoms with E-state index in [4.69, 9.17) is 0 Å². The molecule has 5 heteroatoms. The van der Waals surface area contributed by atoms with Crippen molar-refractivity contribution in [1.82, 2.24) is 15.5 Å². The van der Waals surface area contributed by atoms with Gasteiger partial charge in [-0.05, 0) is 27.7 Å². The lowest BCUT2D eigenvalue weighted by atomic mass is 10.1. The maximum absolute atomic E-state index is 4.64. The summed E-state index contributed by atoms with van der Waals surface area (Å²) in [5.41, 5.74) is 0.0583. The van der Waals surface area contributed by atoms with Gasteiger partial charge in [-0.2, -0.15) is 11.8 Å². The van der Waals surface area contributed by atoms with Crippen molar-refractivity contribution in [2.24, 2.45) is 4.99 Å². The van der Waals surface area contributed by atoms with Gasteiger partial charge in [0.25, 0.3) is 0 Å². The molecule has 0 bridgehead atoms. The quantitative estimate of drug-likeness (QED) is 0.599. The summed E-state index contributed by atoms with van der Waals surface area (Å²) in [7, 11) is 0. The Morgan fingerprint density at radius 2 is 1.94 bits per heavy atom. The maximum Gasteiger partial charge on any atom is 0.191 e. The molecule has 18 heavy (non-hydrogen) atoms. The summed E-state index contributed by atoms with van der Waals surface area (Å²) in [6, 6.07) is 0. The second kappa shape index (κ2) is 7.89. The predicted octanol–water partition coefficient (Wildman–Crippen LogP) is 1.39. The molecule has 1 rings (SSSR count). The molecule has 0 aliphatic carbocycles. The normalized spacial score (nSPS) is 18.8. The van der Waals surface area contributed by atoms with Gasteiger partial charge in [0.2, 0.25) is 0 Å². The topological polar surface area (TPSA) is 39.7 Å². The van der Waals surface area contributed by atoms with Crippen LogP contribution in [0.1, 0.15) is 27.7 Å². The molecule has 1 aliphatic rings. The van der Waals surface area contributed by atoms with E-state index in [1.807, 2.05) is 0 Å². The van der Waals surface area contributed by atoms with Crippen LogP contribution < -0.4 is 10.6 Å². The van der Waals surface area contributed by atoms with Crippen LogP contribution in [0.3, 0.4) is 0 Å². The van der Waals surface area contributed by atoms with Crippen LogP contribution in [-0.2, 0) is 0 Å². The molecular weight excluding hydrogens is 244 g/mol. The summed E-state index contributed by atoms with van der Waals surface area (Å²) in [6.07, 6.45) is 0. The summed E-state index contributed by atoms with van der Waals surface area (Å²) in [5, 5.41) is 6.70. The van der Waals surface area contributed by atoms with Crippen molar-refractivity contribution in [3.05, 3.63) is 0 Å². The first kappa shape index (κ1) is 15.6. The van der Waals surface area contributed by atoms with Crippen molar-refractivity contribution in [3.8, 4) is 0 Å². The Hall–Kier alpha value is -0.420. The number of aliphatic imine (C=N–C) groups is 1. The Kier molecular flexibility index (Phi) is 6.86. The molecule has 0 aromatic rings. The van der Waals surface area contributed by atoms with E-state index in [-0.39, 0.29) is 5.54 Å². The lowest BCUT2D eigenvalue weighted by Gasteiger charge is -2.26. The average Bonchev–Trinajstić information content (AvgIpc) is 2.28. The third-order valence-corrected chi connectivity index (χ3v) is 3.57. The SMILES string of the molecule is CCNC(=NCCN1CCSCC1)NC(C)(C)C. The minimum Gasteiger partial charge on any atom is -0.357 e. The number of nitrogens with one attached hydrogen (secondary N) is 2. The van der Waals surface area contributed by atoms with Crippen molar-refractivity contribution in [2.75, 3.05) is 44.2 Å². The maximum atomic E-state index is 4.64. The smallest absolute Gasteiger partial charge is 0.191 e. The van der Waals surface area contributed by atoms with Crippen LogP contribution >= 0.6 is 11.8 Å². The van der Waals surface area contributed by atoms with Crippen LogP contribution in [0, 0.1) is 0 Å². The molecular formula is C13H28N4S. The number of rotatable bonds is 4. The lowest BCUT2D eigenvalue weighted by molar-refractivity contribution is 0.311. The van der Waals surface area contributed by atoms with Gasteiger partial charge in [-0.15, -0.1) is 0 Å². The summed E-state index contributed by atoms with van der Waals surface area (Å²) in [4.78, 5) is 7.14. The van der Waals surface area contributed by atoms with Crippen LogP contribution in [0.4, 0.5) is 0 Å². The van der Waals surface area contributed by atoms with Gasteiger partial charge >= 0.3 is 0 Å². The van der Waals surface area contributed by atoms with Gasteiger partial charge in [0.1, 0.15) is 0 Å². The second-order valence-electron chi connectivity index (χ2n) is 5.59. The zero-order valence-corrected chi connectivity index (χ0v) is 13.1. The molecule has 1 heterocycles. The highest BCUT2D eigenvalue weighted by Gasteiger charge is 2.12. The van der Waals surface area contributed by atoms with Crippen LogP contribution in [0.2, 0.25) is 0 Å². The molecule has 2 N–H and O–H groups in total. The van der Waals surface area contributed by atoms with E-state index in [0.717, 1.165) is 25.6 Å². The molecule has 0 spiro atoms. The monoisotopic (exact) mass is 272 g/mol. The highest BCUT2D eigenvalue weighted by atomic mass is 32.2. The van der Waals surface area contributed by atoms with Crippen LogP contribution in [0.25, 0.3) is 0 Å².